The number of nitrogens with zero attached hydrogens (tertiary/aromatic N) is 3. The highest BCUT2D eigenvalue weighted by Gasteiger charge is 2.27. The van der Waals surface area contributed by atoms with Crippen LogP contribution in [0.4, 0.5) is 0 Å². The van der Waals surface area contributed by atoms with E-state index in [1.165, 1.54) is 11.5 Å². The molecule has 156 valence electrons. The maximum atomic E-state index is 13.0. The van der Waals surface area contributed by atoms with Crippen molar-refractivity contribution in [3.05, 3.63) is 71.0 Å². The van der Waals surface area contributed by atoms with Gasteiger partial charge in [-0.05, 0) is 44.0 Å². The molecular formula is C23H25N3O3S. The average molecular weight is 424 g/mol. The molecule has 1 aliphatic heterocycles. The van der Waals surface area contributed by atoms with E-state index in [1.54, 1.807) is 6.07 Å². The van der Waals surface area contributed by atoms with Crippen molar-refractivity contribution in [2.24, 2.45) is 0 Å². The second-order valence-corrected chi connectivity index (χ2v) is 8.40. The Bertz CT molecular complexity index is 1010. The number of carbonyl (C=O) groups excluding carboxylic acids is 1. The summed E-state index contributed by atoms with van der Waals surface area (Å²) in [7, 11) is 0. The van der Waals surface area contributed by atoms with Crippen molar-refractivity contribution in [1.29, 1.82) is 0 Å². The van der Waals surface area contributed by atoms with Crippen LogP contribution in [-0.2, 0) is 11.2 Å². The molecule has 0 saturated carbocycles. The molecule has 1 amide bonds. The van der Waals surface area contributed by atoms with Gasteiger partial charge in [-0.15, -0.1) is 0 Å². The van der Waals surface area contributed by atoms with Crippen LogP contribution < -0.4 is 4.74 Å². The largest absolute Gasteiger partial charge is 0.430 e. The van der Waals surface area contributed by atoms with E-state index in [0.29, 0.717) is 36.0 Å². The molecule has 2 aromatic carbocycles. The molecule has 0 unspecified atom stereocenters. The molecule has 7 heteroatoms. The van der Waals surface area contributed by atoms with E-state index in [0.717, 1.165) is 17.0 Å². The highest BCUT2D eigenvalue weighted by molar-refractivity contribution is 7.07. The lowest BCUT2D eigenvalue weighted by molar-refractivity contribution is -0.0586. The van der Waals surface area contributed by atoms with Crippen LogP contribution in [0.1, 0.15) is 41.2 Å². The summed E-state index contributed by atoms with van der Waals surface area (Å²) in [6, 6.07) is 15.6. The van der Waals surface area contributed by atoms with E-state index in [1.807, 2.05) is 68.1 Å². The molecule has 0 radical (unpaired) electrons. The SMILES string of the molecule is Cc1ccc(C(=O)N2C[C@H](C)O[C@@H](C)C2)cc1Oc1nc(Cc2ccccc2)ns1. The molecule has 0 N–H and O–H groups in total. The molecule has 1 aromatic heterocycles. The van der Waals surface area contributed by atoms with Crippen LogP contribution in [0.5, 0.6) is 10.9 Å². The second kappa shape index (κ2) is 8.93. The van der Waals surface area contributed by atoms with Gasteiger partial charge >= 0.3 is 0 Å². The molecule has 0 aliphatic carbocycles. The lowest BCUT2D eigenvalue weighted by Gasteiger charge is -2.35. The summed E-state index contributed by atoms with van der Waals surface area (Å²) in [5.74, 6) is 1.34. The molecule has 30 heavy (non-hydrogen) atoms. The van der Waals surface area contributed by atoms with Crippen LogP contribution >= 0.6 is 11.5 Å². The molecule has 6 nitrogen and oxygen atoms in total. The van der Waals surface area contributed by atoms with Gasteiger partial charge in [0.05, 0.1) is 12.2 Å². The Morgan fingerprint density at radius 3 is 2.63 bits per heavy atom. The zero-order valence-electron chi connectivity index (χ0n) is 17.4. The minimum absolute atomic E-state index is 0.0103. The van der Waals surface area contributed by atoms with Crippen molar-refractivity contribution in [3.63, 3.8) is 0 Å². The molecule has 2 heterocycles. The smallest absolute Gasteiger partial charge is 0.298 e. The first-order valence-electron chi connectivity index (χ1n) is 10.1. The third-order valence-electron chi connectivity index (χ3n) is 4.99. The minimum atomic E-state index is -0.0103. The predicted molar refractivity (Wildman–Crippen MR) is 116 cm³/mol. The lowest BCUT2D eigenvalue weighted by atomic mass is 10.1. The summed E-state index contributed by atoms with van der Waals surface area (Å²) in [6.45, 7) is 7.11. The summed E-state index contributed by atoms with van der Waals surface area (Å²) < 4.78 is 16.1. The van der Waals surface area contributed by atoms with E-state index in [2.05, 4.69) is 9.36 Å². The van der Waals surface area contributed by atoms with Crippen molar-refractivity contribution in [3.8, 4) is 10.9 Å². The van der Waals surface area contributed by atoms with Crippen LogP contribution in [0.3, 0.4) is 0 Å². The molecular weight excluding hydrogens is 398 g/mol. The summed E-state index contributed by atoms with van der Waals surface area (Å²) >= 11 is 1.22. The number of carbonyl (C=O) groups is 1. The van der Waals surface area contributed by atoms with Crippen molar-refractivity contribution in [2.45, 2.75) is 39.4 Å². The Kier molecular flexibility index (Phi) is 6.11. The van der Waals surface area contributed by atoms with Gasteiger partial charge < -0.3 is 14.4 Å². The van der Waals surface area contributed by atoms with Crippen LogP contribution in [0.15, 0.2) is 48.5 Å². The summed E-state index contributed by atoms with van der Waals surface area (Å²) in [6.07, 6.45) is 0.720. The molecule has 1 fully saturated rings. The maximum absolute atomic E-state index is 13.0. The number of morpholine rings is 1. The zero-order chi connectivity index (χ0) is 21.1. The van der Waals surface area contributed by atoms with E-state index in [-0.39, 0.29) is 18.1 Å². The predicted octanol–water partition coefficient (Wildman–Crippen LogP) is 4.48. The number of hydrogen-bond donors (Lipinski definition) is 0. The van der Waals surface area contributed by atoms with Gasteiger partial charge in [0.2, 0.25) is 0 Å². The molecule has 0 bridgehead atoms. The quantitative estimate of drug-likeness (QED) is 0.605. The Morgan fingerprint density at radius 2 is 1.90 bits per heavy atom. The van der Waals surface area contributed by atoms with Gasteiger partial charge in [0.1, 0.15) is 5.75 Å². The first kappa shape index (κ1) is 20.5. The fourth-order valence-corrected chi connectivity index (χ4v) is 4.16. The van der Waals surface area contributed by atoms with Gasteiger partial charge in [-0.1, -0.05) is 36.4 Å². The highest BCUT2D eigenvalue weighted by Crippen LogP contribution is 2.28. The number of aromatic nitrogens is 2. The first-order chi connectivity index (χ1) is 14.5. The van der Waals surface area contributed by atoms with Crippen molar-refractivity contribution >= 4 is 17.4 Å². The topological polar surface area (TPSA) is 64.6 Å². The van der Waals surface area contributed by atoms with Crippen LogP contribution in [-0.4, -0.2) is 45.5 Å². The monoisotopic (exact) mass is 423 g/mol. The molecule has 1 saturated heterocycles. The van der Waals surface area contributed by atoms with E-state index < -0.39 is 0 Å². The van der Waals surface area contributed by atoms with Gasteiger partial charge in [0.25, 0.3) is 11.1 Å². The number of benzene rings is 2. The summed E-state index contributed by atoms with van der Waals surface area (Å²) in [5.41, 5.74) is 2.69. The number of rotatable bonds is 5. The Labute approximate surface area is 180 Å². The zero-order valence-corrected chi connectivity index (χ0v) is 18.2. The average Bonchev–Trinajstić information content (AvgIpc) is 3.16. The lowest BCUT2D eigenvalue weighted by Crippen LogP contribution is -2.48. The molecule has 0 spiro atoms. The van der Waals surface area contributed by atoms with Gasteiger partial charge in [-0.2, -0.15) is 9.36 Å². The van der Waals surface area contributed by atoms with Crippen LogP contribution in [0.2, 0.25) is 0 Å². The molecule has 4 rings (SSSR count). The molecule has 1 aliphatic rings. The van der Waals surface area contributed by atoms with Gasteiger partial charge in [-0.25, -0.2) is 0 Å². The number of amides is 1. The van der Waals surface area contributed by atoms with Crippen molar-refractivity contribution in [1.82, 2.24) is 14.3 Å². The second-order valence-electron chi connectivity index (χ2n) is 7.69. The van der Waals surface area contributed by atoms with Crippen LogP contribution in [0, 0.1) is 6.92 Å². The highest BCUT2D eigenvalue weighted by atomic mass is 32.1. The summed E-state index contributed by atoms with van der Waals surface area (Å²) in [5, 5.41) is 0.474. The van der Waals surface area contributed by atoms with E-state index in [9.17, 15) is 4.79 Å². The van der Waals surface area contributed by atoms with E-state index in [4.69, 9.17) is 9.47 Å². The van der Waals surface area contributed by atoms with Crippen LogP contribution in [0.25, 0.3) is 0 Å². The Hall–Kier alpha value is -2.77. The maximum Gasteiger partial charge on any atom is 0.298 e. The van der Waals surface area contributed by atoms with Gasteiger partial charge in [-0.3, -0.25) is 4.79 Å². The van der Waals surface area contributed by atoms with E-state index >= 15 is 0 Å². The number of hydrogen-bond acceptors (Lipinski definition) is 6. The van der Waals surface area contributed by atoms with Gasteiger partial charge in [0, 0.05) is 36.6 Å². The van der Waals surface area contributed by atoms with Gasteiger partial charge in [0.15, 0.2) is 5.82 Å². The number of ether oxygens (including phenoxy) is 2. The minimum Gasteiger partial charge on any atom is -0.430 e. The van der Waals surface area contributed by atoms with Crippen molar-refractivity contribution < 1.29 is 14.3 Å². The standard InChI is InChI=1S/C23H25N3O3S/c1-15-9-10-19(22(27)26-13-16(2)28-17(3)14-26)12-20(15)29-23-24-21(25-30-23)11-18-7-5-4-6-8-18/h4-10,12,16-17H,11,13-14H2,1-3H3/t16-,17-/m0/s1. The third kappa shape index (κ3) is 4.86. The third-order valence-corrected chi connectivity index (χ3v) is 5.63. The fraction of sp³-hybridized carbons (Fsp3) is 0.348. The summed E-state index contributed by atoms with van der Waals surface area (Å²) in [4.78, 5) is 19.3. The number of aryl methyl sites for hydroxylation is 1. The Balaban J connectivity index is 1.48. The molecule has 3 aromatic rings. The fourth-order valence-electron chi connectivity index (χ4n) is 3.59. The Morgan fingerprint density at radius 1 is 1.17 bits per heavy atom. The first-order valence-corrected chi connectivity index (χ1v) is 10.8. The molecule has 2 atom stereocenters. The van der Waals surface area contributed by atoms with Crippen molar-refractivity contribution in [2.75, 3.05) is 13.1 Å². The normalized spacial score (nSPS) is 19.0.